The first-order valence-corrected chi connectivity index (χ1v) is 11.4. The average Bonchev–Trinajstić information content (AvgIpc) is 2.66. The average molecular weight is 455 g/mol. The van der Waals surface area contributed by atoms with E-state index < -0.39 is 0 Å². The molecule has 0 aliphatic rings. The summed E-state index contributed by atoms with van der Waals surface area (Å²) in [5, 5.41) is 2.58. The fourth-order valence-corrected chi connectivity index (χ4v) is 5.76. The van der Waals surface area contributed by atoms with Crippen molar-refractivity contribution in [1.29, 1.82) is 0 Å². The van der Waals surface area contributed by atoms with E-state index in [2.05, 4.69) is 118 Å². The van der Waals surface area contributed by atoms with Gasteiger partial charge in [-0.15, -0.1) is 0 Å². The van der Waals surface area contributed by atoms with Gasteiger partial charge in [-0.3, -0.25) is 0 Å². The van der Waals surface area contributed by atoms with Crippen LogP contribution in [-0.4, -0.2) is 6.71 Å². The molecule has 0 saturated carbocycles. The van der Waals surface area contributed by atoms with Crippen LogP contribution in [0.1, 0.15) is 33.4 Å². The van der Waals surface area contributed by atoms with Gasteiger partial charge in [-0.1, -0.05) is 120 Å². The number of halogens is 1. The van der Waals surface area contributed by atoms with E-state index in [1.165, 1.54) is 60.5 Å². The Morgan fingerprint density at radius 2 is 1.00 bits per heavy atom. The van der Waals surface area contributed by atoms with Gasteiger partial charge in [0.15, 0.2) is 0 Å². The second kappa shape index (κ2) is 8.08. The Labute approximate surface area is 189 Å². The maximum Gasteiger partial charge on any atom is 0.243 e. The van der Waals surface area contributed by atoms with E-state index in [1.807, 2.05) is 0 Å². The monoisotopic (exact) mass is 454 g/mol. The van der Waals surface area contributed by atoms with Gasteiger partial charge in [0.2, 0.25) is 6.71 Å². The molecule has 0 aromatic heterocycles. The Morgan fingerprint density at radius 1 is 0.567 bits per heavy atom. The highest BCUT2D eigenvalue weighted by Gasteiger charge is 2.29. The minimum Gasteiger partial charge on any atom is -0.0652 e. The van der Waals surface area contributed by atoms with Crippen LogP contribution in [0.3, 0.4) is 0 Å². The summed E-state index contributed by atoms with van der Waals surface area (Å²) in [4.78, 5) is 0. The van der Waals surface area contributed by atoms with Crippen LogP contribution in [0.2, 0.25) is 0 Å². The quantitative estimate of drug-likeness (QED) is 0.334. The third kappa shape index (κ3) is 3.63. The molecule has 150 valence electrons. The highest BCUT2D eigenvalue weighted by atomic mass is 79.9. The van der Waals surface area contributed by atoms with E-state index in [0.717, 1.165) is 4.47 Å². The molecule has 0 radical (unpaired) electrons. The molecule has 2 heteroatoms. The molecule has 30 heavy (non-hydrogen) atoms. The smallest absolute Gasteiger partial charge is 0.0652 e. The number of hydrogen-bond donors (Lipinski definition) is 0. The van der Waals surface area contributed by atoms with Gasteiger partial charge >= 0.3 is 0 Å². The normalized spacial score (nSPS) is 11.2. The molecular formula is C28H28BBr. The second-order valence-electron chi connectivity index (χ2n) is 8.74. The molecule has 0 nitrogen and oxygen atoms in total. The van der Waals surface area contributed by atoms with Crippen LogP contribution in [0.25, 0.3) is 10.8 Å². The Kier molecular flexibility index (Phi) is 5.64. The lowest BCUT2D eigenvalue weighted by Gasteiger charge is -2.26. The van der Waals surface area contributed by atoms with E-state index in [9.17, 15) is 0 Å². The predicted octanol–water partition coefficient (Wildman–Crippen LogP) is 5.97. The summed E-state index contributed by atoms with van der Waals surface area (Å²) in [7, 11) is 0. The van der Waals surface area contributed by atoms with E-state index >= 15 is 0 Å². The summed E-state index contributed by atoms with van der Waals surface area (Å²) >= 11 is 3.77. The Bertz CT molecular complexity index is 1170. The molecule has 0 aliphatic heterocycles. The van der Waals surface area contributed by atoms with E-state index in [4.69, 9.17) is 0 Å². The van der Waals surface area contributed by atoms with Crippen LogP contribution in [0.4, 0.5) is 0 Å². The van der Waals surface area contributed by atoms with Crippen LogP contribution in [0, 0.1) is 41.5 Å². The minimum absolute atomic E-state index is 0.198. The Balaban J connectivity index is 2.14. The number of aryl methyl sites for hydroxylation is 6. The van der Waals surface area contributed by atoms with Crippen molar-refractivity contribution in [2.45, 2.75) is 41.5 Å². The molecule has 0 fully saturated rings. The summed E-state index contributed by atoms with van der Waals surface area (Å²) in [6.45, 7) is 13.6. The standard InChI is InChI=1S/C28H28BBr/c1-17-13-19(3)27(20(4)14-17)29(28-21(5)15-18(2)16-22(28)6)25-11-12-26(30)24-10-8-7-9-23(24)25/h7-16H,1-6H3. The Morgan fingerprint density at radius 3 is 1.47 bits per heavy atom. The molecule has 4 aromatic rings. The van der Waals surface area contributed by atoms with Crippen LogP contribution < -0.4 is 16.4 Å². The SMILES string of the molecule is Cc1cc(C)c(B(c2c(C)cc(C)cc2C)c2ccc(Br)c3ccccc23)c(C)c1. The molecule has 0 amide bonds. The lowest BCUT2D eigenvalue weighted by atomic mass is 9.33. The van der Waals surface area contributed by atoms with Gasteiger partial charge in [-0.05, 0) is 58.4 Å². The lowest BCUT2D eigenvalue weighted by Crippen LogP contribution is -2.56. The van der Waals surface area contributed by atoms with Gasteiger partial charge in [-0.25, -0.2) is 0 Å². The van der Waals surface area contributed by atoms with Crippen molar-refractivity contribution in [2.24, 2.45) is 0 Å². The molecule has 0 N–H and O–H groups in total. The molecule has 0 saturated heterocycles. The number of fused-ring (bicyclic) bond motifs is 1. The summed E-state index contributed by atoms with van der Waals surface area (Å²) < 4.78 is 1.15. The molecule has 4 rings (SSSR count). The fourth-order valence-electron chi connectivity index (χ4n) is 5.29. The van der Waals surface area contributed by atoms with Crippen LogP contribution in [0.5, 0.6) is 0 Å². The van der Waals surface area contributed by atoms with Crippen molar-refractivity contribution >= 4 is 49.8 Å². The molecule has 0 aliphatic carbocycles. The first-order valence-electron chi connectivity index (χ1n) is 10.6. The van der Waals surface area contributed by atoms with Gasteiger partial charge in [0.25, 0.3) is 0 Å². The highest BCUT2D eigenvalue weighted by molar-refractivity contribution is 9.10. The summed E-state index contributed by atoms with van der Waals surface area (Å²) in [5.74, 6) is 0. The van der Waals surface area contributed by atoms with Gasteiger partial charge in [0.1, 0.15) is 0 Å². The zero-order valence-corrected chi connectivity index (χ0v) is 20.3. The lowest BCUT2D eigenvalue weighted by molar-refractivity contribution is 1.34. The van der Waals surface area contributed by atoms with Crippen LogP contribution >= 0.6 is 15.9 Å². The van der Waals surface area contributed by atoms with Crippen molar-refractivity contribution in [1.82, 2.24) is 0 Å². The zero-order chi connectivity index (χ0) is 21.6. The molecule has 0 bridgehead atoms. The van der Waals surface area contributed by atoms with Crippen molar-refractivity contribution < 1.29 is 0 Å². The third-order valence-corrected chi connectivity index (χ3v) is 6.96. The fraction of sp³-hybridized carbons (Fsp3) is 0.214. The topological polar surface area (TPSA) is 0 Å². The molecule has 0 unspecified atom stereocenters. The van der Waals surface area contributed by atoms with Crippen LogP contribution in [-0.2, 0) is 0 Å². The van der Waals surface area contributed by atoms with E-state index in [0.29, 0.717) is 0 Å². The van der Waals surface area contributed by atoms with Gasteiger partial charge < -0.3 is 0 Å². The molecular weight excluding hydrogens is 427 g/mol. The highest BCUT2D eigenvalue weighted by Crippen LogP contribution is 2.23. The minimum atomic E-state index is 0.198. The van der Waals surface area contributed by atoms with Crippen molar-refractivity contribution in [2.75, 3.05) is 0 Å². The van der Waals surface area contributed by atoms with E-state index in [1.54, 1.807) is 0 Å². The van der Waals surface area contributed by atoms with Crippen molar-refractivity contribution in [3.8, 4) is 0 Å². The maximum absolute atomic E-state index is 3.77. The summed E-state index contributed by atoms with van der Waals surface area (Å²) in [6.07, 6.45) is 0. The molecule has 4 aromatic carbocycles. The predicted molar refractivity (Wildman–Crippen MR) is 138 cm³/mol. The van der Waals surface area contributed by atoms with Crippen LogP contribution in [0.15, 0.2) is 65.1 Å². The van der Waals surface area contributed by atoms with Crippen molar-refractivity contribution in [3.63, 3.8) is 0 Å². The molecule has 0 heterocycles. The van der Waals surface area contributed by atoms with Gasteiger partial charge in [0.05, 0.1) is 0 Å². The summed E-state index contributed by atoms with van der Waals surface area (Å²) in [5.41, 5.74) is 12.3. The number of benzene rings is 4. The largest absolute Gasteiger partial charge is 0.243 e. The first kappa shape index (κ1) is 20.9. The van der Waals surface area contributed by atoms with E-state index in [-0.39, 0.29) is 6.71 Å². The zero-order valence-electron chi connectivity index (χ0n) is 18.7. The first-order chi connectivity index (χ1) is 14.3. The molecule has 0 spiro atoms. The number of hydrogen-bond acceptors (Lipinski definition) is 0. The Hall–Kier alpha value is -2.32. The van der Waals surface area contributed by atoms with Crippen molar-refractivity contribution in [3.05, 3.63) is 98.5 Å². The number of rotatable bonds is 3. The van der Waals surface area contributed by atoms with Gasteiger partial charge in [0, 0.05) is 4.47 Å². The third-order valence-electron chi connectivity index (χ3n) is 6.27. The summed E-state index contributed by atoms with van der Waals surface area (Å²) in [6, 6.07) is 22.6. The molecule has 0 atom stereocenters. The second-order valence-corrected chi connectivity index (χ2v) is 9.59. The van der Waals surface area contributed by atoms with Gasteiger partial charge in [-0.2, -0.15) is 0 Å². The maximum atomic E-state index is 3.77.